The standard InChI is InChI=1S/C21H35N5O/c1-16-17(2)27-19(24-16)14-25-10-5-18(6-11-25)13-23-20(22-3)26-12-9-21(15-26)7-4-8-21/h18H,4-15H2,1-3H3,(H,22,23). The molecule has 0 aromatic carbocycles. The zero-order valence-electron chi connectivity index (χ0n) is 17.3. The van der Waals surface area contributed by atoms with Gasteiger partial charge in [0, 0.05) is 26.7 Å². The van der Waals surface area contributed by atoms with Crippen LogP contribution in [0.2, 0.25) is 0 Å². The van der Waals surface area contributed by atoms with E-state index in [4.69, 9.17) is 4.42 Å². The predicted molar refractivity (Wildman–Crippen MR) is 108 cm³/mol. The summed E-state index contributed by atoms with van der Waals surface area (Å²) < 4.78 is 5.74. The molecule has 2 aliphatic heterocycles. The van der Waals surface area contributed by atoms with Crippen molar-refractivity contribution in [3.63, 3.8) is 0 Å². The summed E-state index contributed by atoms with van der Waals surface area (Å²) in [5.41, 5.74) is 1.64. The molecule has 0 bridgehead atoms. The lowest BCUT2D eigenvalue weighted by atomic mass is 9.68. The van der Waals surface area contributed by atoms with Gasteiger partial charge in [0.1, 0.15) is 5.76 Å². The van der Waals surface area contributed by atoms with E-state index in [0.29, 0.717) is 5.41 Å². The zero-order chi connectivity index (χ0) is 18.9. The van der Waals surface area contributed by atoms with Gasteiger partial charge in [-0.15, -0.1) is 0 Å². The fourth-order valence-electron chi connectivity index (χ4n) is 4.92. The Kier molecular flexibility index (Phi) is 5.44. The number of nitrogens with one attached hydrogen (secondary N) is 1. The lowest BCUT2D eigenvalue weighted by Crippen LogP contribution is -2.45. The van der Waals surface area contributed by atoms with E-state index in [-0.39, 0.29) is 0 Å². The van der Waals surface area contributed by atoms with Crippen LogP contribution in [-0.2, 0) is 6.54 Å². The van der Waals surface area contributed by atoms with Crippen LogP contribution in [0.15, 0.2) is 9.41 Å². The maximum Gasteiger partial charge on any atom is 0.208 e. The Labute approximate surface area is 163 Å². The Morgan fingerprint density at radius 3 is 2.56 bits per heavy atom. The van der Waals surface area contributed by atoms with Gasteiger partial charge in [-0.2, -0.15) is 0 Å². The molecule has 1 spiro atoms. The Morgan fingerprint density at radius 1 is 1.22 bits per heavy atom. The van der Waals surface area contributed by atoms with E-state index in [0.717, 1.165) is 55.4 Å². The first-order chi connectivity index (χ1) is 13.1. The van der Waals surface area contributed by atoms with E-state index in [9.17, 15) is 0 Å². The molecule has 6 heteroatoms. The lowest BCUT2D eigenvalue weighted by Gasteiger charge is -2.38. The van der Waals surface area contributed by atoms with Gasteiger partial charge in [0.15, 0.2) is 5.96 Å². The molecule has 1 N–H and O–H groups in total. The van der Waals surface area contributed by atoms with Crippen LogP contribution in [0, 0.1) is 25.2 Å². The number of guanidine groups is 1. The van der Waals surface area contributed by atoms with E-state index < -0.39 is 0 Å². The van der Waals surface area contributed by atoms with Crippen molar-refractivity contribution in [3.8, 4) is 0 Å². The highest BCUT2D eigenvalue weighted by Gasteiger charge is 2.43. The minimum absolute atomic E-state index is 0.625. The maximum absolute atomic E-state index is 5.74. The first-order valence-electron chi connectivity index (χ1n) is 10.7. The smallest absolute Gasteiger partial charge is 0.208 e. The number of oxazole rings is 1. The molecular weight excluding hydrogens is 338 g/mol. The number of piperidine rings is 1. The van der Waals surface area contributed by atoms with Gasteiger partial charge in [-0.05, 0) is 70.4 Å². The second-order valence-corrected chi connectivity index (χ2v) is 8.92. The van der Waals surface area contributed by atoms with Gasteiger partial charge in [0.05, 0.1) is 12.2 Å². The Hall–Kier alpha value is -1.56. The minimum atomic E-state index is 0.625. The second kappa shape index (κ2) is 7.82. The quantitative estimate of drug-likeness (QED) is 0.650. The van der Waals surface area contributed by atoms with E-state index in [1.165, 1.54) is 51.6 Å². The van der Waals surface area contributed by atoms with E-state index in [1.54, 1.807) is 0 Å². The zero-order valence-corrected chi connectivity index (χ0v) is 17.3. The molecule has 1 aliphatic carbocycles. The highest BCUT2D eigenvalue weighted by Crippen LogP contribution is 2.47. The number of aromatic nitrogens is 1. The topological polar surface area (TPSA) is 56.9 Å². The van der Waals surface area contributed by atoms with Crippen molar-refractivity contribution < 1.29 is 4.42 Å². The van der Waals surface area contributed by atoms with Crippen LogP contribution in [0.4, 0.5) is 0 Å². The normalized spacial score (nSPS) is 23.8. The number of likely N-dealkylation sites (tertiary alicyclic amines) is 2. The third-order valence-electron chi connectivity index (χ3n) is 7.05. The van der Waals surface area contributed by atoms with Crippen LogP contribution in [0.25, 0.3) is 0 Å². The monoisotopic (exact) mass is 373 g/mol. The van der Waals surface area contributed by atoms with Gasteiger partial charge in [0.2, 0.25) is 5.89 Å². The number of nitrogens with zero attached hydrogens (tertiary/aromatic N) is 4. The SMILES string of the molecule is CN=C(NCC1CCN(Cc2nc(C)c(C)o2)CC1)N1CCC2(CCC2)C1. The number of rotatable bonds is 4. The van der Waals surface area contributed by atoms with Gasteiger partial charge in [-0.25, -0.2) is 4.98 Å². The molecule has 0 amide bonds. The minimum Gasteiger partial charge on any atom is -0.444 e. The molecule has 1 saturated carbocycles. The molecular formula is C21H35N5O. The second-order valence-electron chi connectivity index (χ2n) is 8.92. The Balaban J connectivity index is 1.20. The van der Waals surface area contributed by atoms with Crippen LogP contribution in [-0.4, -0.2) is 60.5 Å². The molecule has 0 radical (unpaired) electrons. The van der Waals surface area contributed by atoms with Crippen LogP contribution < -0.4 is 5.32 Å². The maximum atomic E-state index is 5.74. The molecule has 2 saturated heterocycles. The summed E-state index contributed by atoms with van der Waals surface area (Å²) in [4.78, 5) is 14.0. The molecule has 1 aromatic heterocycles. The summed E-state index contributed by atoms with van der Waals surface area (Å²) in [6, 6.07) is 0. The van der Waals surface area contributed by atoms with Crippen molar-refractivity contribution in [1.29, 1.82) is 0 Å². The molecule has 150 valence electrons. The number of hydrogen-bond donors (Lipinski definition) is 1. The van der Waals surface area contributed by atoms with E-state index in [1.807, 2.05) is 20.9 Å². The highest BCUT2D eigenvalue weighted by atomic mass is 16.4. The van der Waals surface area contributed by atoms with Gasteiger partial charge in [-0.1, -0.05) is 6.42 Å². The summed E-state index contributed by atoms with van der Waals surface area (Å²) in [7, 11) is 1.93. The van der Waals surface area contributed by atoms with E-state index >= 15 is 0 Å². The first-order valence-corrected chi connectivity index (χ1v) is 10.7. The Morgan fingerprint density at radius 2 is 2.00 bits per heavy atom. The number of aliphatic imine (C=N–C) groups is 1. The third-order valence-corrected chi connectivity index (χ3v) is 7.05. The molecule has 3 fully saturated rings. The molecule has 0 atom stereocenters. The predicted octanol–water partition coefficient (Wildman–Crippen LogP) is 2.95. The fraction of sp³-hybridized carbons (Fsp3) is 0.810. The number of hydrogen-bond acceptors (Lipinski definition) is 4. The van der Waals surface area contributed by atoms with Gasteiger partial charge in [0.25, 0.3) is 0 Å². The van der Waals surface area contributed by atoms with Crippen molar-refractivity contribution in [2.75, 3.05) is 39.8 Å². The largest absolute Gasteiger partial charge is 0.444 e. The van der Waals surface area contributed by atoms with Crippen molar-refractivity contribution >= 4 is 5.96 Å². The van der Waals surface area contributed by atoms with Crippen LogP contribution >= 0.6 is 0 Å². The van der Waals surface area contributed by atoms with Crippen molar-refractivity contribution in [2.45, 2.75) is 58.9 Å². The highest BCUT2D eigenvalue weighted by molar-refractivity contribution is 5.80. The summed E-state index contributed by atoms with van der Waals surface area (Å²) in [5.74, 6) is 3.65. The van der Waals surface area contributed by atoms with Crippen molar-refractivity contribution in [1.82, 2.24) is 20.1 Å². The summed E-state index contributed by atoms with van der Waals surface area (Å²) in [5, 5.41) is 3.67. The average Bonchev–Trinajstić information content (AvgIpc) is 3.21. The summed E-state index contributed by atoms with van der Waals surface area (Å²) in [6.45, 7) is 10.5. The van der Waals surface area contributed by atoms with Crippen molar-refractivity contribution in [3.05, 3.63) is 17.3 Å². The Bertz CT molecular complexity index is 651. The van der Waals surface area contributed by atoms with Gasteiger partial charge in [-0.3, -0.25) is 9.89 Å². The van der Waals surface area contributed by atoms with Crippen molar-refractivity contribution in [2.24, 2.45) is 16.3 Å². The summed E-state index contributed by atoms with van der Waals surface area (Å²) in [6.07, 6.45) is 8.07. The fourth-order valence-corrected chi connectivity index (χ4v) is 4.92. The average molecular weight is 374 g/mol. The molecule has 27 heavy (non-hydrogen) atoms. The van der Waals surface area contributed by atoms with E-state index in [2.05, 4.69) is 25.1 Å². The first kappa shape index (κ1) is 18.8. The van der Waals surface area contributed by atoms with Crippen LogP contribution in [0.5, 0.6) is 0 Å². The third kappa shape index (κ3) is 4.15. The molecule has 3 heterocycles. The van der Waals surface area contributed by atoms with Gasteiger partial charge < -0.3 is 14.6 Å². The summed E-state index contributed by atoms with van der Waals surface area (Å²) >= 11 is 0. The number of aryl methyl sites for hydroxylation is 2. The molecule has 0 unspecified atom stereocenters. The molecule has 1 aromatic rings. The molecule has 3 aliphatic rings. The van der Waals surface area contributed by atoms with Crippen LogP contribution in [0.1, 0.15) is 55.9 Å². The molecule has 6 nitrogen and oxygen atoms in total. The lowest BCUT2D eigenvalue weighted by molar-refractivity contribution is 0.150. The molecule has 4 rings (SSSR count). The van der Waals surface area contributed by atoms with Gasteiger partial charge >= 0.3 is 0 Å². The van der Waals surface area contributed by atoms with Crippen LogP contribution in [0.3, 0.4) is 0 Å².